The average molecular weight is 465 g/mol. The molecule has 0 aliphatic rings. The molecule has 2 aromatic heterocycles. The maximum absolute atomic E-state index is 13.8. The number of rotatable bonds is 7. The van der Waals surface area contributed by atoms with Gasteiger partial charge in [-0.15, -0.1) is 0 Å². The van der Waals surface area contributed by atoms with E-state index in [4.69, 9.17) is 25.6 Å². The van der Waals surface area contributed by atoms with Gasteiger partial charge in [-0.1, -0.05) is 16.8 Å². The summed E-state index contributed by atoms with van der Waals surface area (Å²) in [6.07, 6.45) is -0.170. The normalized spacial score (nSPS) is 12.3. The van der Waals surface area contributed by atoms with Gasteiger partial charge in [0, 0.05) is 17.3 Å². The fourth-order valence-electron chi connectivity index (χ4n) is 2.54. The first-order valence-corrected chi connectivity index (χ1v) is 10.0. The highest BCUT2D eigenvalue weighted by Gasteiger charge is 2.21. The first kappa shape index (κ1) is 23.4. The molecule has 2 N–H and O–H groups in total. The summed E-state index contributed by atoms with van der Waals surface area (Å²) in [6, 6.07) is 7.62. The van der Waals surface area contributed by atoms with E-state index in [-0.39, 0.29) is 29.0 Å². The minimum Gasteiger partial charge on any atom is -0.443 e. The number of alkyl carbamates (subject to hydrolysis) is 1. The van der Waals surface area contributed by atoms with Crippen molar-refractivity contribution in [2.45, 2.75) is 38.8 Å². The quantitative estimate of drug-likeness (QED) is 0.535. The molecule has 0 radical (unpaired) electrons. The topological polar surface area (TPSA) is 120 Å². The van der Waals surface area contributed by atoms with E-state index in [1.165, 1.54) is 6.20 Å². The lowest BCUT2D eigenvalue weighted by molar-refractivity contribution is 0.0496. The maximum Gasteiger partial charge on any atom is 0.407 e. The first-order valence-electron chi connectivity index (χ1n) is 9.64. The van der Waals surface area contributed by atoms with Crippen molar-refractivity contribution in [3.05, 3.63) is 53.3 Å². The van der Waals surface area contributed by atoms with Crippen molar-refractivity contribution in [3.63, 3.8) is 0 Å². The third-order valence-electron chi connectivity index (χ3n) is 3.93. The van der Waals surface area contributed by atoms with Gasteiger partial charge in [-0.25, -0.2) is 14.2 Å². The monoisotopic (exact) mass is 464 g/mol. The minimum absolute atomic E-state index is 0.0454. The van der Waals surface area contributed by atoms with Gasteiger partial charge in [0.15, 0.2) is 5.82 Å². The van der Waals surface area contributed by atoms with Crippen LogP contribution < -0.4 is 10.1 Å². The molecule has 0 spiro atoms. The summed E-state index contributed by atoms with van der Waals surface area (Å²) in [7, 11) is 0. The molecule has 1 amide bonds. The molecule has 3 aromatic rings. The van der Waals surface area contributed by atoms with E-state index in [9.17, 15) is 14.3 Å². The zero-order valence-electron chi connectivity index (χ0n) is 17.6. The van der Waals surface area contributed by atoms with Gasteiger partial charge >= 0.3 is 6.09 Å². The van der Waals surface area contributed by atoms with Gasteiger partial charge in [-0.3, -0.25) is 0 Å². The van der Waals surface area contributed by atoms with Crippen molar-refractivity contribution < 1.29 is 28.3 Å². The molecule has 3 rings (SSSR count). The maximum atomic E-state index is 13.8. The Hall–Kier alpha value is -3.24. The number of aliphatic hydroxyl groups excluding tert-OH is 1. The van der Waals surface area contributed by atoms with Crippen molar-refractivity contribution in [1.29, 1.82) is 0 Å². The van der Waals surface area contributed by atoms with Crippen molar-refractivity contribution in [2.24, 2.45) is 0 Å². The van der Waals surface area contributed by atoms with E-state index in [0.717, 1.165) is 6.07 Å². The smallest absolute Gasteiger partial charge is 0.407 e. The number of hydrogen-bond acceptors (Lipinski definition) is 8. The van der Waals surface area contributed by atoms with Crippen LogP contribution in [0.25, 0.3) is 11.4 Å². The Kier molecular flexibility index (Phi) is 7.26. The van der Waals surface area contributed by atoms with Crippen molar-refractivity contribution in [2.75, 3.05) is 6.61 Å². The Labute approximate surface area is 188 Å². The number of hydrogen-bond donors (Lipinski definition) is 2. The molecule has 170 valence electrons. The fourth-order valence-corrected chi connectivity index (χ4v) is 2.69. The average Bonchev–Trinajstić information content (AvgIpc) is 3.17. The Bertz CT molecular complexity index is 1070. The Morgan fingerprint density at radius 1 is 1.31 bits per heavy atom. The predicted octanol–water partition coefficient (Wildman–Crippen LogP) is 4.14. The van der Waals surface area contributed by atoms with Crippen LogP contribution in [0.15, 0.2) is 41.1 Å². The highest BCUT2D eigenvalue weighted by Crippen LogP contribution is 2.26. The van der Waals surface area contributed by atoms with Crippen LogP contribution in [0, 0.1) is 5.82 Å². The summed E-state index contributed by atoms with van der Waals surface area (Å²) in [4.78, 5) is 20.0. The number of nitrogens with one attached hydrogen (secondary N) is 1. The highest BCUT2D eigenvalue weighted by molar-refractivity contribution is 6.30. The summed E-state index contributed by atoms with van der Waals surface area (Å²) >= 11 is 5.68. The molecule has 11 heteroatoms. The van der Waals surface area contributed by atoms with E-state index in [1.54, 1.807) is 24.3 Å². The molecule has 0 fully saturated rings. The lowest BCUT2D eigenvalue weighted by atomic mass is 10.1. The molecular weight excluding hydrogens is 443 g/mol. The van der Waals surface area contributed by atoms with Crippen LogP contribution in [0.5, 0.6) is 11.6 Å². The van der Waals surface area contributed by atoms with Gasteiger partial charge in [-0.05, 0) is 51.1 Å². The number of benzene rings is 1. The van der Waals surface area contributed by atoms with Crippen LogP contribution in [0.3, 0.4) is 0 Å². The van der Waals surface area contributed by atoms with Crippen molar-refractivity contribution in [3.8, 4) is 23.0 Å². The number of pyridine rings is 1. The van der Waals surface area contributed by atoms with Gasteiger partial charge in [0.1, 0.15) is 11.9 Å². The molecule has 9 nitrogen and oxygen atoms in total. The molecule has 0 unspecified atom stereocenters. The number of ether oxygens (including phenoxy) is 2. The summed E-state index contributed by atoms with van der Waals surface area (Å²) in [5, 5.41) is 16.2. The molecule has 32 heavy (non-hydrogen) atoms. The number of halogens is 2. The third-order valence-corrected chi connectivity index (χ3v) is 4.13. The highest BCUT2D eigenvalue weighted by atomic mass is 35.5. The van der Waals surface area contributed by atoms with Crippen molar-refractivity contribution >= 4 is 17.7 Å². The number of aromatic nitrogens is 3. The molecule has 1 aromatic carbocycles. The Balaban J connectivity index is 1.62. The van der Waals surface area contributed by atoms with E-state index in [0.29, 0.717) is 11.3 Å². The van der Waals surface area contributed by atoms with E-state index in [2.05, 4.69) is 20.4 Å². The molecule has 0 aliphatic carbocycles. The number of carbonyl (C=O) groups excluding carboxylic acids is 1. The fraction of sp³-hybridized carbons (Fsp3) is 0.333. The Morgan fingerprint density at radius 3 is 2.66 bits per heavy atom. The summed E-state index contributed by atoms with van der Waals surface area (Å²) in [5.74, 6) is -0.0471. The number of amides is 1. The lowest BCUT2D eigenvalue weighted by Crippen LogP contribution is -2.43. The second-order valence-corrected chi connectivity index (χ2v) is 8.30. The van der Waals surface area contributed by atoms with Gasteiger partial charge in [0.25, 0.3) is 5.88 Å². The molecule has 0 bridgehead atoms. The van der Waals surface area contributed by atoms with Gasteiger partial charge in [0.2, 0.25) is 11.7 Å². The molecule has 0 saturated carbocycles. The lowest BCUT2D eigenvalue weighted by Gasteiger charge is -2.22. The second-order valence-electron chi connectivity index (χ2n) is 7.87. The first-order chi connectivity index (χ1) is 15.1. The Morgan fingerprint density at radius 2 is 2.03 bits per heavy atom. The van der Waals surface area contributed by atoms with E-state index in [1.807, 2.05) is 20.8 Å². The molecular formula is C21H22ClFN4O5. The molecule has 1 atom stereocenters. The third kappa shape index (κ3) is 6.63. The predicted molar refractivity (Wildman–Crippen MR) is 113 cm³/mol. The second kappa shape index (κ2) is 9.92. The summed E-state index contributed by atoms with van der Waals surface area (Å²) in [6.45, 7) is 5.03. The number of aliphatic hydroxyl groups is 1. The zero-order valence-corrected chi connectivity index (χ0v) is 18.4. The standard InChI is InChI=1S/C21H22ClFN4O5/c1-21(2,3)26-20(29)31-15(11-28)9-17-25-18(27-32-17)12-4-6-14(7-5-12)30-19-16(23)8-13(22)10-24-19/h4-8,10,15,28H,9,11H2,1-3H3,(H,26,29)/t15-/m1/s1. The molecule has 0 aliphatic heterocycles. The van der Waals surface area contributed by atoms with E-state index >= 15 is 0 Å². The van der Waals surface area contributed by atoms with Crippen molar-refractivity contribution in [1.82, 2.24) is 20.4 Å². The van der Waals surface area contributed by atoms with Crippen LogP contribution in [-0.2, 0) is 11.2 Å². The number of nitrogens with zero attached hydrogens (tertiary/aromatic N) is 3. The van der Waals surface area contributed by atoms with Crippen LogP contribution in [0.4, 0.5) is 9.18 Å². The zero-order chi connectivity index (χ0) is 23.3. The summed E-state index contributed by atoms with van der Waals surface area (Å²) in [5.41, 5.74) is 0.142. The van der Waals surface area contributed by atoms with Crippen LogP contribution >= 0.6 is 11.6 Å². The molecule has 2 heterocycles. The largest absolute Gasteiger partial charge is 0.443 e. The minimum atomic E-state index is -0.844. The van der Waals surface area contributed by atoms with Gasteiger partial charge < -0.3 is 24.4 Å². The van der Waals surface area contributed by atoms with Gasteiger partial charge in [0.05, 0.1) is 18.1 Å². The van der Waals surface area contributed by atoms with Crippen LogP contribution in [-0.4, -0.2) is 44.6 Å². The number of carbonyl (C=O) groups is 1. The van der Waals surface area contributed by atoms with E-state index < -0.39 is 30.2 Å². The van der Waals surface area contributed by atoms with Crippen LogP contribution in [0.2, 0.25) is 5.02 Å². The van der Waals surface area contributed by atoms with Gasteiger partial charge in [-0.2, -0.15) is 4.98 Å². The molecule has 0 saturated heterocycles. The summed E-state index contributed by atoms with van der Waals surface area (Å²) < 4.78 is 29.6. The SMILES string of the molecule is CC(C)(C)NC(=O)O[C@@H](CO)Cc1nc(-c2ccc(Oc3ncc(Cl)cc3F)cc2)no1. The van der Waals surface area contributed by atoms with Crippen LogP contribution in [0.1, 0.15) is 26.7 Å².